The van der Waals surface area contributed by atoms with Crippen LogP contribution in [0.2, 0.25) is 0 Å². The van der Waals surface area contributed by atoms with Gasteiger partial charge in [0.25, 0.3) is 5.91 Å². The first-order valence-electron chi connectivity index (χ1n) is 10.7. The lowest BCUT2D eigenvalue weighted by molar-refractivity contribution is -0.133. The third kappa shape index (κ3) is 5.52. The highest BCUT2D eigenvalue weighted by molar-refractivity contribution is 9.10. The van der Waals surface area contributed by atoms with Gasteiger partial charge in [-0.25, -0.2) is 4.68 Å². The highest BCUT2D eigenvalue weighted by Gasteiger charge is 2.21. The number of carbonyl (C=O) groups excluding carboxylic acids is 3. The van der Waals surface area contributed by atoms with Crippen LogP contribution < -0.4 is 20.8 Å². The van der Waals surface area contributed by atoms with Gasteiger partial charge in [-0.3, -0.25) is 19.8 Å². The smallest absolute Gasteiger partial charge is 0.328 e. The molecule has 0 atom stereocenters. The molecule has 4 aromatic rings. The Hall–Kier alpha value is -4.11. The summed E-state index contributed by atoms with van der Waals surface area (Å²) in [6.45, 7) is 3.81. The highest BCUT2D eigenvalue weighted by atomic mass is 79.9. The molecule has 0 aliphatic heterocycles. The van der Waals surface area contributed by atoms with Crippen LogP contribution in [-0.4, -0.2) is 29.5 Å². The summed E-state index contributed by atoms with van der Waals surface area (Å²) in [7, 11) is 1.56. The molecule has 0 unspecified atom stereocenters. The first-order valence-corrected chi connectivity index (χ1v) is 11.5. The zero-order chi connectivity index (χ0) is 25.1. The van der Waals surface area contributed by atoms with Crippen LogP contribution in [0.5, 0.6) is 5.75 Å². The minimum absolute atomic E-state index is 0.154. The molecule has 0 saturated heterocycles. The number of amides is 3. The molecule has 0 fully saturated rings. The van der Waals surface area contributed by atoms with Gasteiger partial charge in [-0.05, 0) is 85.6 Å². The molecule has 0 spiro atoms. The molecule has 3 N–H and O–H groups in total. The van der Waals surface area contributed by atoms with Crippen molar-refractivity contribution in [1.29, 1.82) is 0 Å². The lowest BCUT2D eigenvalue weighted by Crippen LogP contribution is -2.36. The van der Waals surface area contributed by atoms with Gasteiger partial charge in [-0.2, -0.15) is 0 Å². The summed E-state index contributed by atoms with van der Waals surface area (Å²) in [5.74, 6) is -1.57. The zero-order valence-electron chi connectivity index (χ0n) is 19.3. The van der Waals surface area contributed by atoms with Gasteiger partial charge in [-0.1, -0.05) is 22.0 Å². The number of methoxy groups -OCH3 is 1. The molecule has 9 heteroatoms. The number of halogens is 1. The molecule has 35 heavy (non-hydrogen) atoms. The number of aryl methyl sites for hydroxylation is 2. The molecule has 8 nitrogen and oxygen atoms in total. The number of nitrogens with one attached hydrogen (secondary N) is 3. The van der Waals surface area contributed by atoms with Crippen LogP contribution in [0.15, 0.2) is 71.2 Å². The van der Waals surface area contributed by atoms with E-state index in [-0.39, 0.29) is 5.69 Å². The van der Waals surface area contributed by atoms with Crippen molar-refractivity contribution in [1.82, 2.24) is 4.68 Å². The monoisotopic (exact) mass is 534 g/mol. The molecule has 4 rings (SSSR count). The van der Waals surface area contributed by atoms with Crippen molar-refractivity contribution in [2.45, 2.75) is 13.8 Å². The van der Waals surface area contributed by atoms with Crippen LogP contribution in [-0.2, 0) is 9.59 Å². The van der Waals surface area contributed by atoms with E-state index in [2.05, 4.69) is 32.0 Å². The van der Waals surface area contributed by atoms with Crippen molar-refractivity contribution >= 4 is 55.9 Å². The van der Waals surface area contributed by atoms with Crippen LogP contribution in [0, 0.1) is 13.8 Å². The predicted octanol–water partition coefficient (Wildman–Crippen LogP) is 4.99. The Morgan fingerprint density at radius 2 is 1.49 bits per heavy atom. The summed E-state index contributed by atoms with van der Waals surface area (Å²) in [6, 6.07) is 19.3. The second-order valence-corrected chi connectivity index (χ2v) is 8.94. The molecule has 1 aromatic heterocycles. The van der Waals surface area contributed by atoms with E-state index in [1.54, 1.807) is 61.7 Å². The molecule has 0 radical (unpaired) electrons. The maximum absolute atomic E-state index is 13.1. The fourth-order valence-electron chi connectivity index (χ4n) is 3.73. The first kappa shape index (κ1) is 24.0. The van der Waals surface area contributed by atoms with Gasteiger partial charge in [-0.15, -0.1) is 0 Å². The van der Waals surface area contributed by atoms with Crippen molar-refractivity contribution in [3.8, 4) is 5.75 Å². The lowest BCUT2D eigenvalue weighted by atomic mass is 10.1. The number of anilines is 2. The lowest BCUT2D eigenvalue weighted by Gasteiger charge is -2.13. The second-order valence-electron chi connectivity index (χ2n) is 8.02. The molecule has 0 saturated carbocycles. The van der Waals surface area contributed by atoms with Gasteiger partial charge < -0.3 is 15.4 Å². The van der Waals surface area contributed by atoms with Gasteiger partial charge >= 0.3 is 11.8 Å². The maximum Gasteiger partial charge on any atom is 0.328 e. The summed E-state index contributed by atoms with van der Waals surface area (Å²) >= 11 is 3.42. The summed E-state index contributed by atoms with van der Waals surface area (Å²) in [4.78, 5) is 38.6. The van der Waals surface area contributed by atoms with E-state index in [1.165, 1.54) is 4.68 Å². The summed E-state index contributed by atoms with van der Waals surface area (Å²) in [5.41, 5.74) is 6.25. The topological polar surface area (TPSA) is 101 Å². The third-order valence-corrected chi connectivity index (χ3v) is 5.74. The number of aromatic nitrogens is 1. The SMILES string of the molecule is COc1ccc(NC(=O)c2cc3cc(Br)ccc3n2NC(=O)C(=O)Nc2cc(C)cc(C)c2)cc1. The number of benzene rings is 3. The third-order valence-electron chi connectivity index (χ3n) is 5.24. The fourth-order valence-corrected chi connectivity index (χ4v) is 4.11. The Labute approximate surface area is 210 Å². The number of ether oxygens (including phenoxy) is 1. The second kappa shape index (κ2) is 10.0. The van der Waals surface area contributed by atoms with E-state index < -0.39 is 17.7 Å². The average molecular weight is 535 g/mol. The Bertz CT molecular complexity index is 1420. The molecule has 0 aliphatic carbocycles. The summed E-state index contributed by atoms with van der Waals surface area (Å²) in [5, 5.41) is 6.11. The van der Waals surface area contributed by atoms with E-state index in [0.717, 1.165) is 15.6 Å². The first-order chi connectivity index (χ1) is 16.7. The van der Waals surface area contributed by atoms with E-state index in [9.17, 15) is 14.4 Å². The minimum Gasteiger partial charge on any atom is -0.497 e. The van der Waals surface area contributed by atoms with E-state index in [4.69, 9.17) is 4.74 Å². The van der Waals surface area contributed by atoms with Gasteiger partial charge in [0.15, 0.2) is 0 Å². The van der Waals surface area contributed by atoms with Crippen LogP contribution in [0.4, 0.5) is 11.4 Å². The van der Waals surface area contributed by atoms with Crippen LogP contribution in [0.25, 0.3) is 10.9 Å². The van der Waals surface area contributed by atoms with E-state index in [0.29, 0.717) is 28.0 Å². The Kier molecular flexibility index (Phi) is 6.88. The van der Waals surface area contributed by atoms with Gasteiger partial charge in [0, 0.05) is 21.2 Å². The molecule has 0 aliphatic rings. The molecular weight excluding hydrogens is 512 g/mol. The average Bonchev–Trinajstić information content (AvgIpc) is 3.16. The molecule has 178 valence electrons. The van der Waals surface area contributed by atoms with Gasteiger partial charge in [0.05, 0.1) is 12.6 Å². The quantitative estimate of drug-likeness (QED) is 0.314. The highest BCUT2D eigenvalue weighted by Crippen LogP contribution is 2.24. The van der Waals surface area contributed by atoms with Crippen LogP contribution in [0.1, 0.15) is 21.6 Å². The van der Waals surface area contributed by atoms with Crippen LogP contribution >= 0.6 is 15.9 Å². The van der Waals surface area contributed by atoms with Crippen molar-refractivity contribution in [3.05, 3.63) is 88.0 Å². The Morgan fingerprint density at radius 3 is 2.14 bits per heavy atom. The van der Waals surface area contributed by atoms with Gasteiger partial charge in [0.2, 0.25) is 0 Å². The van der Waals surface area contributed by atoms with Gasteiger partial charge in [0.1, 0.15) is 11.4 Å². The standard InChI is InChI=1S/C26H23BrN4O4/c1-15-10-16(2)12-20(11-15)29-25(33)26(34)30-31-22-9-4-18(27)13-17(22)14-23(31)24(32)28-19-5-7-21(35-3)8-6-19/h4-14H,1-3H3,(H,28,32)(H,29,33)(H,30,34). The Balaban J connectivity index is 1.61. The summed E-state index contributed by atoms with van der Waals surface area (Å²) in [6.07, 6.45) is 0. The number of hydrogen-bond donors (Lipinski definition) is 3. The number of rotatable bonds is 5. The minimum atomic E-state index is -0.914. The fraction of sp³-hybridized carbons (Fsp3) is 0.115. The maximum atomic E-state index is 13.1. The van der Waals surface area contributed by atoms with Crippen molar-refractivity contribution in [2.24, 2.45) is 0 Å². The zero-order valence-corrected chi connectivity index (χ0v) is 20.9. The molecule has 0 bridgehead atoms. The largest absolute Gasteiger partial charge is 0.497 e. The summed E-state index contributed by atoms with van der Waals surface area (Å²) < 4.78 is 7.26. The number of hydrogen-bond acceptors (Lipinski definition) is 4. The number of nitrogens with zero attached hydrogens (tertiary/aromatic N) is 1. The van der Waals surface area contributed by atoms with E-state index in [1.807, 2.05) is 26.0 Å². The molecule has 1 heterocycles. The van der Waals surface area contributed by atoms with Crippen molar-refractivity contribution in [2.75, 3.05) is 23.2 Å². The molecule has 3 amide bonds. The van der Waals surface area contributed by atoms with Crippen molar-refractivity contribution < 1.29 is 19.1 Å². The van der Waals surface area contributed by atoms with Crippen LogP contribution in [0.3, 0.4) is 0 Å². The molecule has 3 aromatic carbocycles. The molecular formula is C26H23BrN4O4. The predicted molar refractivity (Wildman–Crippen MR) is 139 cm³/mol. The Morgan fingerprint density at radius 1 is 0.800 bits per heavy atom. The van der Waals surface area contributed by atoms with E-state index >= 15 is 0 Å². The number of carbonyl (C=O) groups is 3. The normalized spacial score (nSPS) is 10.6. The number of fused-ring (bicyclic) bond motifs is 1. The van der Waals surface area contributed by atoms with Crippen molar-refractivity contribution in [3.63, 3.8) is 0 Å².